The number of hydrogen-bond acceptors (Lipinski definition) is 6. The molecule has 7 nitrogen and oxygen atoms in total. The predicted molar refractivity (Wildman–Crippen MR) is 122 cm³/mol. The Morgan fingerprint density at radius 2 is 1.67 bits per heavy atom. The molecule has 1 aliphatic rings. The first-order chi connectivity index (χ1) is 16.0. The number of aliphatic hydroxyl groups is 1. The number of benzene rings is 2. The summed E-state index contributed by atoms with van der Waals surface area (Å²) in [5.74, 6) is -0.674. The summed E-state index contributed by atoms with van der Waals surface area (Å²) in [6, 6.07) is 15.3. The Morgan fingerprint density at radius 3 is 2.21 bits per heavy atom. The summed E-state index contributed by atoms with van der Waals surface area (Å²) in [7, 11) is 2.92. The van der Waals surface area contributed by atoms with Crippen LogP contribution in [0.15, 0.2) is 70.9 Å². The van der Waals surface area contributed by atoms with E-state index in [-0.39, 0.29) is 23.4 Å². The van der Waals surface area contributed by atoms with Crippen LogP contribution in [0.25, 0.3) is 5.76 Å². The number of rotatable bonds is 7. The zero-order valence-corrected chi connectivity index (χ0v) is 18.7. The molecule has 1 aliphatic heterocycles. The fraction of sp³-hybridized carbons (Fsp3) is 0.231. The van der Waals surface area contributed by atoms with E-state index in [2.05, 4.69) is 0 Å². The van der Waals surface area contributed by atoms with E-state index in [1.807, 2.05) is 31.2 Å². The Hall–Kier alpha value is -4.00. The second-order valence-corrected chi connectivity index (χ2v) is 7.64. The summed E-state index contributed by atoms with van der Waals surface area (Å²) >= 11 is 0. The number of carbonyl (C=O) groups is 2. The normalized spacial score (nSPS) is 17.4. The molecule has 33 heavy (non-hydrogen) atoms. The summed E-state index contributed by atoms with van der Waals surface area (Å²) in [6.45, 7) is 2.13. The van der Waals surface area contributed by atoms with Crippen LogP contribution in [0.1, 0.15) is 35.4 Å². The van der Waals surface area contributed by atoms with Gasteiger partial charge in [-0.25, -0.2) is 0 Å². The van der Waals surface area contributed by atoms with Crippen LogP contribution in [0.4, 0.5) is 0 Å². The first-order valence-electron chi connectivity index (χ1n) is 10.6. The van der Waals surface area contributed by atoms with Gasteiger partial charge in [-0.2, -0.15) is 0 Å². The van der Waals surface area contributed by atoms with Crippen molar-refractivity contribution in [3.8, 4) is 11.5 Å². The van der Waals surface area contributed by atoms with Crippen molar-refractivity contribution in [3.63, 3.8) is 0 Å². The number of likely N-dealkylation sites (tertiary alicyclic amines) is 1. The van der Waals surface area contributed by atoms with Crippen molar-refractivity contribution in [2.24, 2.45) is 0 Å². The summed E-state index contributed by atoms with van der Waals surface area (Å²) in [4.78, 5) is 27.8. The number of aliphatic hydroxyl groups excluding tert-OH is 1. The molecular formula is C26H25NO6. The van der Waals surface area contributed by atoms with Crippen LogP contribution in [0.2, 0.25) is 0 Å². The van der Waals surface area contributed by atoms with Gasteiger partial charge < -0.3 is 23.9 Å². The lowest BCUT2D eigenvalue weighted by Gasteiger charge is -2.25. The fourth-order valence-corrected chi connectivity index (χ4v) is 4.11. The Balaban J connectivity index is 1.93. The van der Waals surface area contributed by atoms with Crippen molar-refractivity contribution < 1.29 is 28.6 Å². The van der Waals surface area contributed by atoms with Crippen LogP contribution < -0.4 is 9.47 Å². The van der Waals surface area contributed by atoms with Crippen LogP contribution in [0.5, 0.6) is 11.5 Å². The number of Topliss-reactive ketones (excluding diaryl/α,β-unsaturated/α-hetero) is 1. The number of amides is 1. The van der Waals surface area contributed by atoms with E-state index in [1.165, 1.54) is 25.4 Å². The minimum Gasteiger partial charge on any atom is -0.506 e. The number of ketones is 1. The quantitative estimate of drug-likeness (QED) is 0.326. The molecule has 1 aromatic heterocycles. The maximum atomic E-state index is 13.2. The van der Waals surface area contributed by atoms with Gasteiger partial charge in [0.05, 0.1) is 38.6 Å². The Labute approximate surface area is 191 Å². The largest absolute Gasteiger partial charge is 0.506 e. The van der Waals surface area contributed by atoms with E-state index in [1.54, 1.807) is 30.3 Å². The van der Waals surface area contributed by atoms with E-state index in [0.717, 1.165) is 12.0 Å². The molecule has 1 unspecified atom stereocenters. The van der Waals surface area contributed by atoms with Crippen LogP contribution in [-0.4, -0.2) is 35.9 Å². The Morgan fingerprint density at radius 1 is 1.00 bits per heavy atom. The van der Waals surface area contributed by atoms with Gasteiger partial charge in [0.1, 0.15) is 28.6 Å². The molecule has 0 radical (unpaired) electrons. The first kappa shape index (κ1) is 22.2. The highest BCUT2D eigenvalue weighted by Crippen LogP contribution is 2.44. The second-order valence-electron chi connectivity index (χ2n) is 7.64. The molecule has 2 aromatic carbocycles. The zero-order chi connectivity index (χ0) is 23.5. The topological polar surface area (TPSA) is 89.2 Å². The molecule has 1 N–H and O–H groups in total. The van der Waals surface area contributed by atoms with Crippen molar-refractivity contribution in [2.45, 2.75) is 25.9 Å². The Bertz CT molecular complexity index is 1170. The first-order valence-corrected chi connectivity index (χ1v) is 10.6. The van der Waals surface area contributed by atoms with Gasteiger partial charge in [-0.05, 0) is 41.8 Å². The Kier molecular flexibility index (Phi) is 6.22. The number of methoxy groups -OCH3 is 2. The average Bonchev–Trinajstić information content (AvgIpc) is 3.45. The lowest BCUT2D eigenvalue weighted by molar-refractivity contribution is -0.140. The van der Waals surface area contributed by atoms with Crippen molar-refractivity contribution >= 4 is 17.4 Å². The third-order valence-electron chi connectivity index (χ3n) is 5.81. The molecule has 2 heterocycles. The monoisotopic (exact) mass is 447 g/mol. The third-order valence-corrected chi connectivity index (χ3v) is 5.81. The SMILES string of the molecule is CCc1ccc(C2/C(=C(\O)c3c(OC)cccc3OC)C(=O)C(=O)N2Cc2ccco2)cc1. The number of carbonyl (C=O) groups excluding carboxylic acids is 2. The van der Waals surface area contributed by atoms with Crippen molar-refractivity contribution in [1.82, 2.24) is 4.90 Å². The number of furan rings is 1. The maximum absolute atomic E-state index is 13.2. The minimum atomic E-state index is -0.810. The van der Waals surface area contributed by atoms with Crippen molar-refractivity contribution in [2.75, 3.05) is 14.2 Å². The van der Waals surface area contributed by atoms with Gasteiger partial charge in [0, 0.05) is 0 Å². The molecule has 1 saturated heterocycles. The highest BCUT2D eigenvalue weighted by molar-refractivity contribution is 6.46. The summed E-state index contributed by atoms with van der Waals surface area (Å²) in [6.07, 6.45) is 2.36. The lowest BCUT2D eigenvalue weighted by Crippen LogP contribution is -2.29. The summed E-state index contributed by atoms with van der Waals surface area (Å²) in [5, 5.41) is 11.4. The molecule has 0 saturated carbocycles. The lowest BCUT2D eigenvalue weighted by atomic mass is 9.94. The average molecular weight is 447 g/mol. The van der Waals surface area contributed by atoms with Crippen LogP contribution in [-0.2, 0) is 22.6 Å². The molecule has 0 spiro atoms. The number of nitrogens with zero attached hydrogens (tertiary/aromatic N) is 1. The van der Waals surface area contributed by atoms with Crippen molar-refractivity contribution in [1.29, 1.82) is 0 Å². The van der Waals surface area contributed by atoms with Gasteiger partial charge in [-0.1, -0.05) is 37.3 Å². The molecule has 4 rings (SSSR count). The highest BCUT2D eigenvalue weighted by atomic mass is 16.5. The van der Waals surface area contributed by atoms with E-state index in [4.69, 9.17) is 13.9 Å². The highest BCUT2D eigenvalue weighted by Gasteiger charge is 2.47. The molecule has 1 atom stereocenters. The molecule has 0 bridgehead atoms. The number of aryl methyl sites for hydroxylation is 1. The molecule has 170 valence electrons. The summed E-state index contributed by atoms with van der Waals surface area (Å²) < 4.78 is 16.3. The molecule has 7 heteroatoms. The van der Waals surface area contributed by atoms with Crippen LogP contribution >= 0.6 is 0 Å². The van der Waals surface area contributed by atoms with Gasteiger partial charge in [-0.3, -0.25) is 9.59 Å². The van der Waals surface area contributed by atoms with Crippen molar-refractivity contribution in [3.05, 3.63) is 88.9 Å². The van der Waals surface area contributed by atoms with Gasteiger partial charge in [0.15, 0.2) is 0 Å². The zero-order valence-electron chi connectivity index (χ0n) is 18.7. The van der Waals surface area contributed by atoms with Gasteiger partial charge in [-0.15, -0.1) is 0 Å². The third kappa shape index (κ3) is 3.98. The molecule has 3 aromatic rings. The minimum absolute atomic E-state index is 0.0291. The van der Waals surface area contributed by atoms with E-state index < -0.39 is 17.7 Å². The second kappa shape index (κ2) is 9.24. The molecule has 1 fully saturated rings. The van der Waals surface area contributed by atoms with E-state index in [9.17, 15) is 14.7 Å². The smallest absolute Gasteiger partial charge is 0.296 e. The van der Waals surface area contributed by atoms with Gasteiger partial charge >= 0.3 is 0 Å². The van der Waals surface area contributed by atoms with Crippen LogP contribution in [0.3, 0.4) is 0 Å². The van der Waals surface area contributed by atoms with Gasteiger partial charge in [0.2, 0.25) is 0 Å². The maximum Gasteiger partial charge on any atom is 0.296 e. The number of hydrogen-bond donors (Lipinski definition) is 1. The van der Waals surface area contributed by atoms with Gasteiger partial charge in [0.25, 0.3) is 11.7 Å². The predicted octanol–water partition coefficient (Wildman–Crippen LogP) is 4.48. The molecular weight excluding hydrogens is 422 g/mol. The van der Waals surface area contributed by atoms with E-state index in [0.29, 0.717) is 22.8 Å². The summed E-state index contributed by atoms with van der Waals surface area (Å²) in [5.41, 5.74) is 2.01. The number of ether oxygens (including phenoxy) is 2. The van der Waals surface area contributed by atoms with E-state index >= 15 is 0 Å². The fourth-order valence-electron chi connectivity index (χ4n) is 4.11. The van der Waals surface area contributed by atoms with Crippen LogP contribution in [0, 0.1) is 0 Å². The molecule has 1 amide bonds. The standard InChI is InChI=1S/C26H25NO6/c1-4-16-10-12-17(13-11-16)23-22(24(28)21-19(31-2)8-5-9-20(21)32-3)25(29)26(30)27(23)15-18-7-6-14-33-18/h5-14,23,28H,4,15H2,1-3H3/b24-22+. The molecule has 0 aliphatic carbocycles.